The van der Waals surface area contributed by atoms with Crippen molar-refractivity contribution in [1.82, 2.24) is 4.98 Å². The molecule has 1 aliphatic rings. The third-order valence-corrected chi connectivity index (χ3v) is 4.79. The lowest BCUT2D eigenvalue weighted by molar-refractivity contribution is -0.117. The number of pyridine rings is 1. The van der Waals surface area contributed by atoms with E-state index in [2.05, 4.69) is 26.2 Å². The standard InChI is InChI=1S/C16H14BrFN2O/c1-9-4-5-13(18)15(14(9)17)20-16(21)12-7-11(12)10-3-2-6-19-8-10/h2-6,8,11-12H,7H2,1H3,(H,20,21)/t11-,12+/m0/s1. The van der Waals surface area contributed by atoms with Crippen molar-refractivity contribution >= 4 is 27.5 Å². The summed E-state index contributed by atoms with van der Waals surface area (Å²) in [5.41, 5.74) is 2.16. The third-order valence-electron chi connectivity index (χ3n) is 3.77. The summed E-state index contributed by atoms with van der Waals surface area (Å²) < 4.78 is 14.4. The van der Waals surface area contributed by atoms with Gasteiger partial charge in [-0.15, -0.1) is 0 Å². The van der Waals surface area contributed by atoms with Crippen molar-refractivity contribution < 1.29 is 9.18 Å². The highest BCUT2D eigenvalue weighted by Gasteiger charge is 2.44. The Bertz CT molecular complexity index is 690. The number of aryl methyl sites for hydroxylation is 1. The average Bonchev–Trinajstić information content (AvgIpc) is 3.29. The van der Waals surface area contributed by atoms with E-state index in [1.807, 2.05) is 19.1 Å². The lowest BCUT2D eigenvalue weighted by Gasteiger charge is -2.10. The van der Waals surface area contributed by atoms with Gasteiger partial charge in [0.15, 0.2) is 0 Å². The lowest BCUT2D eigenvalue weighted by atomic mass is 10.1. The number of carbonyl (C=O) groups is 1. The summed E-state index contributed by atoms with van der Waals surface area (Å²) in [5.74, 6) is -0.500. The Labute approximate surface area is 130 Å². The van der Waals surface area contributed by atoms with E-state index in [9.17, 15) is 9.18 Å². The van der Waals surface area contributed by atoms with Gasteiger partial charge in [0.2, 0.25) is 5.91 Å². The summed E-state index contributed by atoms with van der Waals surface area (Å²) in [6.45, 7) is 1.86. The van der Waals surface area contributed by atoms with E-state index in [1.165, 1.54) is 6.07 Å². The number of rotatable bonds is 3. The zero-order chi connectivity index (χ0) is 15.0. The molecular weight excluding hydrogens is 335 g/mol. The largest absolute Gasteiger partial charge is 0.322 e. The van der Waals surface area contributed by atoms with Crippen molar-refractivity contribution in [3.63, 3.8) is 0 Å². The first-order valence-corrected chi connectivity index (χ1v) is 7.52. The highest BCUT2D eigenvalue weighted by Crippen LogP contribution is 2.48. The second-order valence-corrected chi connectivity index (χ2v) is 6.07. The number of anilines is 1. The summed E-state index contributed by atoms with van der Waals surface area (Å²) in [5, 5.41) is 2.70. The fourth-order valence-electron chi connectivity index (χ4n) is 2.44. The Morgan fingerprint density at radius 2 is 2.24 bits per heavy atom. The second kappa shape index (κ2) is 5.56. The van der Waals surface area contributed by atoms with E-state index in [0.29, 0.717) is 4.47 Å². The number of nitrogens with zero attached hydrogens (tertiary/aromatic N) is 1. The highest BCUT2D eigenvalue weighted by molar-refractivity contribution is 9.10. The van der Waals surface area contributed by atoms with Gasteiger partial charge in [-0.05, 0) is 58.5 Å². The van der Waals surface area contributed by atoms with Crippen LogP contribution in [0.2, 0.25) is 0 Å². The van der Waals surface area contributed by atoms with Gasteiger partial charge in [-0.3, -0.25) is 9.78 Å². The maximum absolute atomic E-state index is 13.8. The van der Waals surface area contributed by atoms with Gasteiger partial charge < -0.3 is 5.32 Å². The molecule has 2 atom stereocenters. The van der Waals surface area contributed by atoms with Crippen molar-refractivity contribution in [2.45, 2.75) is 19.3 Å². The molecule has 0 radical (unpaired) electrons. The molecule has 0 spiro atoms. The fraction of sp³-hybridized carbons (Fsp3) is 0.250. The molecular formula is C16H14BrFN2O. The number of halogens is 2. The molecule has 0 saturated heterocycles. The number of hydrogen-bond donors (Lipinski definition) is 1. The van der Waals surface area contributed by atoms with Crippen LogP contribution in [0.3, 0.4) is 0 Å². The first-order chi connectivity index (χ1) is 10.1. The van der Waals surface area contributed by atoms with E-state index in [-0.39, 0.29) is 23.4 Å². The normalized spacial score (nSPS) is 20.1. The van der Waals surface area contributed by atoms with E-state index >= 15 is 0 Å². The van der Waals surface area contributed by atoms with Crippen LogP contribution >= 0.6 is 15.9 Å². The van der Waals surface area contributed by atoms with Gasteiger partial charge in [-0.2, -0.15) is 0 Å². The minimum Gasteiger partial charge on any atom is -0.322 e. The molecule has 5 heteroatoms. The smallest absolute Gasteiger partial charge is 0.228 e. The molecule has 1 saturated carbocycles. The minimum atomic E-state index is -0.431. The summed E-state index contributed by atoms with van der Waals surface area (Å²) in [7, 11) is 0. The summed E-state index contributed by atoms with van der Waals surface area (Å²) in [4.78, 5) is 16.3. The maximum Gasteiger partial charge on any atom is 0.228 e. The highest BCUT2D eigenvalue weighted by atomic mass is 79.9. The number of carbonyl (C=O) groups excluding carboxylic acids is 1. The first-order valence-electron chi connectivity index (χ1n) is 6.73. The molecule has 1 amide bonds. The molecule has 108 valence electrons. The molecule has 21 heavy (non-hydrogen) atoms. The van der Waals surface area contributed by atoms with Crippen molar-refractivity contribution in [3.8, 4) is 0 Å². The number of hydrogen-bond acceptors (Lipinski definition) is 2. The molecule has 1 fully saturated rings. The first kappa shape index (κ1) is 14.2. The molecule has 0 unspecified atom stereocenters. The molecule has 1 aliphatic carbocycles. The van der Waals surface area contributed by atoms with Crippen LogP contribution in [0.25, 0.3) is 0 Å². The van der Waals surface area contributed by atoms with E-state index in [1.54, 1.807) is 18.5 Å². The van der Waals surface area contributed by atoms with Crippen LogP contribution in [0.4, 0.5) is 10.1 Å². The van der Waals surface area contributed by atoms with Crippen LogP contribution < -0.4 is 5.32 Å². The SMILES string of the molecule is Cc1ccc(F)c(NC(=O)[C@@H]2C[C@H]2c2cccnc2)c1Br. The quantitative estimate of drug-likeness (QED) is 0.909. The zero-order valence-corrected chi connectivity index (χ0v) is 13.0. The van der Waals surface area contributed by atoms with Crippen molar-refractivity contribution in [2.75, 3.05) is 5.32 Å². The maximum atomic E-state index is 13.8. The number of aromatic nitrogens is 1. The Balaban J connectivity index is 1.73. The van der Waals surface area contributed by atoms with Crippen LogP contribution in [-0.2, 0) is 4.79 Å². The van der Waals surface area contributed by atoms with E-state index < -0.39 is 5.82 Å². The third kappa shape index (κ3) is 2.83. The second-order valence-electron chi connectivity index (χ2n) is 5.28. The molecule has 3 rings (SSSR count). The lowest BCUT2D eigenvalue weighted by Crippen LogP contribution is -2.16. The molecule has 1 aromatic heterocycles. The Hall–Kier alpha value is -1.75. The average molecular weight is 349 g/mol. The zero-order valence-electron chi connectivity index (χ0n) is 11.4. The minimum absolute atomic E-state index is 0.110. The van der Waals surface area contributed by atoms with Gasteiger partial charge in [-0.25, -0.2) is 4.39 Å². The Morgan fingerprint density at radius 1 is 1.43 bits per heavy atom. The molecule has 1 aromatic carbocycles. The van der Waals surface area contributed by atoms with Gasteiger partial charge in [0.1, 0.15) is 5.82 Å². The topological polar surface area (TPSA) is 42.0 Å². The van der Waals surface area contributed by atoms with Gasteiger partial charge >= 0.3 is 0 Å². The van der Waals surface area contributed by atoms with Crippen molar-refractivity contribution in [1.29, 1.82) is 0 Å². The Kier molecular flexibility index (Phi) is 3.76. The van der Waals surface area contributed by atoms with Gasteiger partial charge in [0.25, 0.3) is 0 Å². The number of nitrogens with one attached hydrogen (secondary N) is 1. The Morgan fingerprint density at radius 3 is 2.95 bits per heavy atom. The number of amides is 1. The van der Waals surface area contributed by atoms with E-state index in [0.717, 1.165) is 17.5 Å². The van der Waals surface area contributed by atoms with Crippen LogP contribution in [0, 0.1) is 18.7 Å². The van der Waals surface area contributed by atoms with Crippen molar-refractivity contribution in [2.24, 2.45) is 5.92 Å². The van der Waals surface area contributed by atoms with Crippen molar-refractivity contribution in [3.05, 3.63) is 58.1 Å². The van der Waals surface area contributed by atoms with E-state index in [4.69, 9.17) is 0 Å². The summed E-state index contributed by atoms with van der Waals surface area (Å²) >= 11 is 3.32. The molecule has 0 aliphatic heterocycles. The number of benzene rings is 1. The summed E-state index contributed by atoms with van der Waals surface area (Å²) in [6, 6.07) is 6.86. The van der Waals surface area contributed by atoms with Gasteiger partial charge in [0.05, 0.1) is 5.69 Å². The van der Waals surface area contributed by atoms with Crippen LogP contribution in [0.1, 0.15) is 23.5 Å². The van der Waals surface area contributed by atoms with Gasteiger partial charge in [-0.1, -0.05) is 12.1 Å². The molecule has 1 N–H and O–H groups in total. The molecule has 0 bridgehead atoms. The molecule has 3 nitrogen and oxygen atoms in total. The van der Waals surface area contributed by atoms with Gasteiger partial charge in [0, 0.05) is 22.8 Å². The van der Waals surface area contributed by atoms with Crippen LogP contribution in [-0.4, -0.2) is 10.9 Å². The van der Waals surface area contributed by atoms with Crippen LogP contribution in [0.15, 0.2) is 41.1 Å². The summed E-state index contributed by atoms with van der Waals surface area (Å²) in [6.07, 6.45) is 4.27. The predicted octanol–water partition coefficient (Wildman–Crippen LogP) is 4.03. The molecule has 1 heterocycles. The monoisotopic (exact) mass is 348 g/mol. The fourth-order valence-corrected chi connectivity index (χ4v) is 2.86. The predicted molar refractivity (Wildman–Crippen MR) is 82.6 cm³/mol. The molecule has 2 aromatic rings. The van der Waals surface area contributed by atoms with Crippen LogP contribution in [0.5, 0.6) is 0 Å².